The molecule has 1 atom stereocenters. The number of hydrogen-bond donors (Lipinski definition) is 0. The molecule has 0 bridgehead atoms. The maximum atomic E-state index is 5.62. The molecule has 94 valence electrons. The van der Waals surface area contributed by atoms with Gasteiger partial charge in [0.15, 0.2) is 6.29 Å². The van der Waals surface area contributed by atoms with Crippen LogP contribution in [0.5, 0.6) is 0 Å². The second-order valence-corrected chi connectivity index (χ2v) is 4.41. The summed E-state index contributed by atoms with van der Waals surface area (Å²) in [7, 11) is 0. The normalized spacial score (nSPS) is 28.7. The minimum absolute atomic E-state index is 0.00178. The van der Waals surface area contributed by atoms with E-state index in [9.17, 15) is 0 Å². The molecule has 0 spiro atoms. The van der Waals surface area contributed by atoms with Crippen molar-refractivity contribution < 1.29 is 14.2 Å². The van der Waals surface area contributed by atoms with Crippen molar-refractivity contribution in [3.63, 3.8) is 0 Å². The van der Waals surface area contributed by atoms with Crippen molar-refractivity contribution in [2.75, 3.05) is 39.5 Å². The Morgan fingerprint density at radius 3 is 2.81 bits per heavy atom. The summed E-state index contributed by atoms with van der Waals surface area (Å²) < 4.78 is 16.7. The van der Waals surface area contributed by atoms with Gasteiger partial charge in [-0.25, -0.2) is 0 Å². The van der Waals surface area contributed by atoms with Crippen LogP contribution in [0, 0.1) is 0 Å². The number of likely N-dealkylation sites (tertiary alicyclic amines) is 1. The third-order valence-electron chi connectivity index (χ3n) is 3.35. The van der Waals surface area contributed by atoms with Gasteiger partial charge in [-0.3, -0.25) is 4.90 Å². The monoisotopic (exact) mass is 229 g/mol. The Labute approximate surface area is 97.8 Å². The molecule has 4 heteroatoms. The summed E-state index contributed by atoms with van der Waals surface area (Å²) in [6.45, 7) is 7.31. The Morgan fingerprint density at radius 1 is 1.25 bits per heavy atom. The van der Waals surface area contributed by atoms with E-state index in [2.05, 4.69) is 4.90 Å². The molecular formula is C12H23NO3. The summed E-state index contributed by atoms with van der Waals surface area (Å²) in [6, 6.07) is 0.441. The largest absolute Gasteiger partial charge is 0.380 e. The first-order valence-corrected chi connectivity index (χ1v) is 6.47. The molecule has 2 rings (SSSR count). The summed E-state index contributed by atoms with van der Waals surface area (Å²) in [6.07, 6.45) is 3.77. The lowest BCUT2D eigenvalue weighted by Gasteiger charge is -2.37. The van der Waals surface area contributed by atoms with Crippen molar-refractivity contribution in [3.8, 4) is 0 Å². The van der Waals surface area contributed by atoms with Gasteiger partial charge in [-0.15, -0.1) is 0 Å². The Bertz CT molecular complexity index is 195. The highest BCUT2D eigenvalue weighted by molar-refractivity contribution is 4.81. The first kappa shape index (κ1) is 12.3. The quantitative estimate of drug-likeness (QED) is 0.664. The van der Waals surface area contributed by atoms with Gasteiger partial charge >= 0.3 is 0 Å². The van der Waals surface area contributed by atoms with Crippen molar-refractivity contribution in [1.29, 1.82) is 0 Å². The van der Waals surface area contributed by atoms with Crippen LogP contribution in [-0.2, 0) is 14.2 Å². The summed E-state index contributed by atoms with van der Waals surface area (Å²) in [4.78, 5) is 2.47. The van der Waals surface area contributed by atoms with Gasteiger partial charge in [0, 0.05) is 13.2 Å². The Hall–Kier alpha value is -0.160. The molecule has 0 N–H and O–H groups in total. The minimum atomic E-state index is 0.00178. The van der Waals surface area contributed by atoms with Crippen molar-refractivity contribution in [1.82, 2.24) is 4.90 Å². The molecule has 0 aromatic heterocycles. The molecule has 0 saturated carbocycles. The van der Waals surface area contributed by atoms with E-state index in [0.29, 0.717) is 6.04 Å². The number of piperidine rings is 1. The molecule has 4 nitrogen and oxygen atoms in total. The lowest BCUT2D eigenvalue weighted by Crippen LogP contribution is -2.48. The standard InChI is InChI=1S/C12H23NO3/c1-2-14-8-7-13-6-4-3-5-11(13)12-15-9-10-16-12/h11-12H,2-10H2,1H3. The fourth-order valence-electron chi connectivity index (χ4n) is 2.53. The maximum absolute atomic E-state index is 5.62. The maximum Gasteiger partial charge on any atom is 0.173 e. The first-order chi connectivity index (χ1) is 7.92. The van der Waals surface area contributed by atoms with Gasteiger partial charge in [0.25, 0.3) is 0 Å². The van der Waals surface area contributed by atoms with Gasteiger partial charge in [-0.05, 0) is 26.3 Å². The molecule has 0 amide bonds. The van der Waals surface area contributed by atoms with E-state index in [-0.39, 0.29) is 6.29 Å². The second kappa shape index (κ2) is 6.55. The van der Waals surface area contributed by atoms with Gasteiger partial charge in [-0.1, -0.05) is 6.42 Å². The molecule has 2 fully saturated rings. The zero-order chi connectivity index (χ0) is 11.2. The summed E-state index contributed by atoms with van der Waals surface area (Å²) in [5.74, 6) is 0. The van der Waals surface area contributed by atoms with Crippen molar-refractivity contribution in [3.05, 3.63) is 0 Å². The van der Waals surface area contributed by atoms with E-state index >= 15 is 0 Å². The number of hydrogen-bond acceptors (Lipinski definition) is 4. The zero-order valence-electron chi connectivity index (χ0n) is 10.2. The highest BCUT2D eigenvalue weighted by atomic mass is 16.7. The molecule has 0 radical (unpaired) electrons. The van der Waals surface area contributed by atoms with Crippen LogP contribution in [0.2, 0.25) is 0 Å². The molecule has 0 aliphatic carbocycles. The second-order valence-electron chi connectivity index (χ2n) is 4.41. The van der Waals surface area contributed by atoms with Crippen molar-refractivity contribution in [2.24, 2.45) is 0 Å². The number of rotatable bonds is 5. The fraction of sp³-hybridized carbons (Fsp3) is 1.00. The topological polar surface area (TPSA) is 30.9 Å². The highest BCUT2D eigenvalue weighted by Crippen LogP contribution is 2.23. The molecule has 0 aromatic rings. The van der Waals surface area contributed by atoms with Crippen LogP contribution >= 0.6 is 0 Å². The van der Waals surface area contributed by atoms with E-state index < -0.39 is 0 Å². The molecule has 16 heavy (non-hydrogen) atoms. The van der Waals surface area contributed by atoms with Gasteiger partial charge in [0.1, 0.15) is 0 Å². The lowest BCUT2D eigenvalue weighted by atomic mass is 10.0. The Balaban J connectivity index is 1.81. The molecule has 2 heterocycles. The molecule has 1 unspecified atom stereocenters. The van der Waals surface area contributed by atoms with Gasteiger partial charge in [0.05, 0.1) is 25.9 Å². The SMILES string of the molecule is CCOCCN1CCCCC1C1OCCO1. The van der Waals surface area contributed by atoms with Crippen LogP contribution < -0.4 is 0 Å². The van der Waals surface area contributed by atoms with Crippen LogP contribution in [-0.4, -0.2) is 56.7 Å². The Kier molecular flexibility index (Phi) is 5.03. The van der Waals surface area contributed by atoms with E-state index in [4.69, 9.17) is 14.2 Å². The van der Waals surface area contributed by atoms with Crippen LogP contribution in [0.4, 0.5) is 0 Å². The number of nitrogens with zero attached hydrogens (tertiary/aromatic N) is 1. The lowest BCUT2D eigenvalue weighted by molar-refractivity contribution is -0.112. The van der Waals surface area contributed by atoms with E-state index in [1.807, 2.05) is 6.92 Å². The smallest absolute Gasteiger partial charge is 0.173 e. The van der Waals surface area contributed by atoms with Crippen LogP contribution in [0.25, 0.3) is 0 Å². The average molecular weight is 229 g/mol. The van der Waals surface area contributed by atoms with E-state index in [1.54, 1.807) is 0 Å². The first-order valence-electron chi connectivity index (χ1n) is 6.47. The fourth-order valence-corrected chi connectivity index (χ4v) is 2.53. The summed E-state index contributed by atoms with van der Waals surface area (Å²) >= 11 is 0. The van der Waals surface area contributed by atoms with Crippen molar-refractivity contribution >= 4 is 0 Å². The average Bonchev–Trinajstić information content (AvgIpc) is 2.83. The Morgan fingerprint density at radius 2 is 2.06 bits per heavy atom. The predicted molar refractivity (Wildman–Crippen MR) is 61.4 cm³/mol. The predicted octanol–water partition coefficient (Wildman–Crippen LogP) is 1.25. The molecule has 0 aromatic carbocycles. The molecule has 2 aliphatic rings. The van der Waals surface area contributed by atoms with Gasteiger partial charge in [0.2, 0.25) is 0 Å². The van der Waals surface area contributed by atoms with Crippen LogP contribution in [0.3, 0.4) is 0 Å². The molecular weight excluding hydrogens is 206 g/mol. The third kappa shape index (κ3) is 3.17. The van der Waals surface area contributed by atoms with Crippen LogP contribution in [0.1, 0.15) is 26.2 Å². The molecule has 2 saturated heterocycles. The number of ether oxygens (including phenoxy) is 3. The summed E-state index contributed by atoms with van der Waals surface area (Å²) in [5.41, 5.74) is 0. The van der Waals surface area contributed by atoms with Crippen LogP contribution in [0.15, 0.2) is 0 Å². The van der Waals surface area contributed by atoms with E-state index in [1.165, 1.54) is 19.3 Å². The van der Waals surface area contributed by atoms with Crippen molar-refractivity contribution in [2.45, 2.75) is 38.5 Å². The van der Waals surface area contributed by atoms with Gasteiger partial charge < -0.3 is 14.2 Å². The summed E-state index contributed by atoms with van der Waals surface area (Å²) in [5, 5.41) is 0. The van der Waals surface area contributed by atoms with E-state index in [0.717, 1.165) is 39.5 Å². The zero-order valence-corrected chi connectivity index (χ0v) is 10.2. The third-order valence-corrected chi connectivity index (χ3v) is 3.35. The highest BCUT2D eigenvalue weighted by Gasteiger charge is 2.33. The van der Waals surface area contributed by atoms with Gasteiger partial charge in [-0.2, -0.15) is 0 Å². The molecule has 2 aliphatic heterocycles. The minimum Gasteiger partial charge on any atom is -0.380 e.